The molecule has 0 aliphatic heterocycles. The highest BCUT2D eigenvalue weighted by atomic mass is 32.2. The lowest BCUT2D eigenvalue weighted by molar-refractivity contribution is 0.576. The first-order chi connectivity index (χ1) is 9.10. The largest absolute Gasteiger partial charge is 0.368 e. The van der Waals surface area contributed by atoms with Crippen LogP contribution in [0.2, 0.25) is 0 Å². The molecular formula is C11H18N4O2S2. The van der Waals surface area contributed by atoms with E-state index in [-0.39, 0.29) is 5.03 Å². The second kappa shape index (κ2) is 5.89. The predicted octanol–water partition coefficient (Wildman–Crippen LogP) is 1.91. The summed E-state index contributed by atoms with van der Waals surface area (Å²) in [5, 5.41) is 5.10. The van der Waals surface area contributed by atoms with Gasteiger partial charge in [-0.2, -0.15) is 0 Å². The van der Waals surface area contributed by atoms with Gasteiger partial charge in [-0.3, -0.25) is 4.40 Å². The van der Waals surface area contributed by atoms with Gasteiger partial charge in [0, 0.05) is 24.7 Å². The molecule has 0 radical (unpaired) electrons. The van der Waals surface area contributed by atoms with E-state index in [0.717, 1.165) is 12.8 Å². The number of hydrogen-bond acceptors (Lipinski definition) is 5. The summed E-state index contributed by atoms with van der Waals surface area (Å²) in [6.07, 6.45) is 3.39. The SMILES string of the molecule is CCCNc1nc2sccn2c1S(=O)(=O)NCCC. The average Bonchev–Trinajstić information content (AvgIpc) is 2.93. The average molecular weight is 302 g/mol. The number of anilines is 1. The molecule has 106 valence electrons. The molecule has 0 aliphatic carbocycles. The highest BCUT2D eigenvalue weighted by Crippen LogP contribution is 2.25. The molecule has 2 aromatic heterocycles. The van der Waals surface area contributed by atoms with Crippen molar-refractivity contribution in [3.63, 3.8) is 0 Å². The minimum Gasteiger partial charge on any atom is -0.368 e. The van der Waals surface area contributed by atoms with Gasteiger partial charge in [-0.05, 0) is 12.8 Å². The number of aromatic nitrogens is 2. The van der Waals surface area contributed by atoms with Gasteiger partial charge in [0.25, 0.3) is 10.0 Å². The molecule has 2 N–H and O–H groups in total. The third-order valence-corrected chi connectivity index (χ3v) is 4.80. The van der Waals surface area contributed by atoms with Gasteiger partial charge in [-0.25, -0.2) is 18.1 Å². The maximum atomic E-state index is 12.3. The molecule has 8 heteroatoms. The van der Waals surface area contributed by atoms with Crippen LogP contribution in [-0.2, 0) is 10.0 Å². The maximum Gasteiger partial charge on any atom is 0.260 e. The molecule has 2 aromatic rings. The number of imidazole rings is 1. The number of nitrogens with one attached hydrogen (secondary N) is 2. The Morgan fingerprint density at radius 3 is 2.74 bits per heavy atom. The summed E-state index contributed by atoms with van der Waals surface area (Å²) in [5.41, 5.74) is 0. The fourth-order valence-electron chi connectivity index (χ4n) is 1.69. The summed E-state index contributed by atoms with van der Waals surface area (Å²) in [7, 11) is -3.54. The quantitative estimate of drug-likeness (QED) is 0.819. The van der Waals surface area contributed by atoms with E-state index in [2.05, 4.69) is 15.0 Å². The molecule has 2 heterocycles. The van der Waals surface area contributed by atoms with Crippen LogP contribution >= 0.6 is 11.3 Å². The minimum absolute atomic E-state index is 0.200. The lowest BCUT2D eigenvalue weighted by atomic mass is 10.5. The van der Waals surface area contributed by atoms with Crippen molar-refractivity contribution in [1.29, 1.82) is 0 Å². The van der Waals surface area contributed by atoms with Crippen LogP contribution in [0.15, 0.2) is 16.6 Å². The van der Waals surface area contributed by atoms with Crippen molar-refractivity contribution in [3.05, 3.63) is 11.6 Å². The lowest BCUT2D eigenvalue weighted by Crippen LogP contribution is -2.26. The van der Waals surface area contributed by atoms with E-state index >= 15 is 0 Å². The van der Waals surface area contributed by atoms with Crippen molar-refractivity contribution in [2.45, 2.75) is 31.7 Å². The van der Waals surface area contributed by atoms with Crippen LogP contribution in [0, 0.1) is 0 Å². The molecule has 6 nitrogen and oxygen atoms in total. The number of thiazole rings is 1. The first kappa shape index (κ1) is 14.3. The van der Waals surface area contributed by atoms with E-state index in [0.29, 0.717) is 23.9 Å². The normalized spacial score (nSPS) is 12.1. The number of fused-ring (bicyclic) bond motifs is 1. The van der Waals surface area contributed by atoms with Crippen molar-refractivity contribution >= 4 is 32.1 Å². The smallest absolute Gasteiger partial charge is 0.260 e. The topological polar surface area (TPSA) is 75.5 Å². The van der Waals surface area contributed by atoms with E-state index in [1.165, 1.54) is 11.3 Å². The monoisotopic (exact) mass is 302 g/mol. The van der Waals surface area contributed by atoms with E-state index < -0.39 is 10.0 Å². The van der Waals surface area contributed by atoms with Gasteiger partial charge in [0.15, 0.2) is 15.8 Å². The second-order valence-electron chi connectivity index (χ2n) is 4.15. The molecule has 0 unspecified atom stereocenters. The summed E-state index contributed by atoms with van der Waals surface area (Å²) >= 11 is 1.42. The van der Waals surface area contributed by atoms with Crippen molar-refractivity contribution in [3.8, 4) is 0 Å². The molecule has 19 heavy (non-hydrogen) atoms. The molecule has 0 aliphatic rings. The number of nitrogens with zero attached hydrogens (tertiary/aromatic N) is 2. The summed E-state index contributed by atoms with van der Waals surface area (Å²) in [5.74, 6) is 0.428. The minimum atomic E-state index is -3.54. The van der Waals surface area contributed by atoms with Gasteiger partial charge in [0.1, 0.15) is 0 Å². The Morgan fingerprint density at radius 2 is 2.05 bits per heavy atom. The molecule has 2 rings (SSSR count). The third-order valence-electron chi connectivity index (χ3n) is 2.56. The van der Waals surface area contributed by atoms with E-state index in [9.17, 15) is 8.42 Å². The van der Waals surface area contributed by atoms with Gasteiger partial charge in [0.05, 0.1) is 0 Å². The summed E-state index contributed by atoms with van der Waals surface area (Å²) < 4.78 is 28.9. The Balaban J connectivity index is 2.45. The van der Waals surface area contributed by atoms with E-state index in [1.54, 1.807) is 10.6 Å². The number of hydrogen-bond donors (Lipinski definition) is 2. The van der Waals surface area contributed by atoms with E-state index in [1.807, 2.05) is 19.2 Å². The van der Waals surface area contributed by atoms with Gasteiger partial charge in [-0.1, -0.05) is 13.8 Å². The van der Waals surface area contributed by atoms with Gasteiger partial charge >= 0.3 is 0 Å². The molecule has 0 spiro atoms. The molecular weight excluding hydrogens is 284 g/mol. The standard InChI is InChI=1S/C11H18N4O2S2/c1-3-5-12-9-10(19(16,17)13-6-4-2)15-7-8-18-11(15)14-9/h7-8,12-13H,3-6H2,1-2H3. The zero-order chi connectivity index (χ0) is 13.9. The zero-order valence-electron chi connectivity index (χ0n) is 11.0. The maximum absolute atomic E-state index is 12.3. The Bertz CT molecular complexity index is 645. The summed E-state index contributed by atoms with van der Waals surface area (Å²) in [4.78, 5) is 5.01. The molecule has 0 saturated heterocycles. The second-order valence-corrected chi connectivity index (χ2v) is 6.70. The van der Waals surface area contributed by atoms with Crippen LogP contribution in [-0.4, -0.2) is 30.9 Å². The van der Waals surface area contributed by atoms with E-state index in [4.69, 9.17) is 0 Å². The fourth-order valence-corrected chi connectivity index (χ4v) is 3.85. The number of sulfonamides is 1. The molecule has 0 aromatic carbocycles. The van der Waals surface area contributed by atoms with Crippen LogP contribution in [0.3, 0.4) is 0 Å². The van der Waals surface area contributed by atoms with Crippen LogP contribution in [0.4, 0.5) is 5.82 Å². The van der Waals surface area contributed by atoms with Crippen molar-refractivity contribution < 1.29 is 8.42 Å². The van der Waals surface area contributed by atoms with Crippen molar-refractivity contribution in [2.75, 3.05) is 18.4 Å². The Kier molecular flexibility index (Phi) is 4.43. The summed E-state index contributed by atoms with van der Waals surface area (Å²) in [6.45, 7) is 5.07. The van der Waals surface area contributed by atoms with Crippen LogP contribution in [0.5, 0.6) is 0 Å². The van der Waals surface area contributed by atoms with Gasteiger partial charge < -0.3 is 5.32 Å². The first-order valence-corrected chi connectivity index (χ1v) is 8.65. The van der Waals surface area contributed by atoms with Crippen LogP contribution < -0.4 is 10.0 Å². The molecule has 0 bridgehead atoms. The molecule has 0 amide bonds. The van der Waals surface area contributed by atoms with Crippen LogP contribution in [0.1, 0.15) is 26.7 Å². The highest BCUT2D eigenvalue weighted by Gasteiger charge is 2.25. The van der Waals surface area contributed by atoms with Gasteiger partial charge in [0.2, 0.25) is 0 Å². The zero-order valence-corrected chi connectivity index (χ0v) is 12.6. The third kappa shape index (κ3) is 2.90. The highest BCUT2D eigenvalue weighted by molar-refractivity contribution is 7.89. The van der Waals surface area contributed by atoms with Gasteiger partial charge in [-0.15, -0.1) is 11.3 Å². The fraction of sp³-hybridized carbons (Fsp3) is 0.545. The summed E-state index contributed by atoms with van der Waals surface area (Å²) in [6, 6.07) is 0. The predicted molar refractivity (Wildman–Crippen MR) is 77.3 cm³/mol. The van der Waals surface area contributed by atoms with Crippen molar-refractivity contribution in [2.24, 2.45) is 0 Å². The molecule has 0 saturated carbocycles. The first-order valence-electron chi connectivity index (χ1n) is 6.29. The van der Waals surface area contributed by atoms with Crippen molar-refractivity contribution in [1.82, 2.24) is 14.1 Å². The Labute approximate surface area is 116 Å². The lowest BCUT2D eigenvalue weighted by Gasteiger charge is -2.08. The van der Waals surface area contributed by atoms with Crippen LogP contribution in [0.25, 0.3) is 4.96 Å². The molecule has 0 atom stereocenters. The molecule has 0 fully saturated rings. The Morgan fingerprint density at radius 1 is 1.32 bits per heavy atom. The number of rotatable bonds is 7. The Hall–Kier alpha value is -1.12.